The highest BCUT2D eigenvalue weighted by atomic mass is 16.3. The maximum absolute atomic E-state index is 9.96. The van der Waals surface area contributed by atoms with E-state index in [1.165, 1.54) is 50.9 Å². The fourth-order valence-electron chi connectivity index (χ4n) is 3.88. The molecule has 2 fully saturated rings. The number of hydrogen-bond acceptors (Lipinski definition) is 3. The van der Waals surface area contributed by atoms with Crippen LogP contribution in [0.3, 0.4) is 0 Å². The van der Waals surface area contributed by atoms with Gasteiger partial charge in [0, 0.05) is 30.4 Å². The molecule has 1 aromatic carbocycles. The topological polar surface area (TPSA) is 26.7 Å². The van der Waals surface area contributed by atoms with Gasteiger partial charge in [0.05, 0.1) is 6.10 Å². The molecule has 1 N–H and O–H groups in total. The molecule has 2 saturated heterocycles. The zero-order valence-electron chi connectivity index (χ0n) is 13.2. The smallest absolute Gasteiger partial charge is 0.0781 e. The molecule has 2 heterocycles. The van der Waals surface area contributed by atoms with Gasteiger partial charge in [0.1, 0.15) is 0 Å². The Kier molecular flexibility index (Phi) is 4.81. The number of nitrogens with zero attached hydrogens (tertiary/aromatic N) is 2. The number of benzene rings is 1. The first-order valence-electron chi connectivity index (χ1n) is 8.51. The van der Waals surface area contributed by atoms with Gasteiger partial charge in [-0.1, -0.05) is 24.6 Å². The van der Waals surface area contributed by atoms with Crippen LogP contribution in [0.2, 0.25) is 0 Å². The normalized spacial score (nSPS) is 23.2. The van der Waals surface area contributed by atoms with Crippen molar-refractivity contribution in [3.63, 3.8) is 0 Å². The van der Waals surface area contributed by atoms with Crippen LogP contribution in [0, 0.1) is 0 Å². The molecule has 0 aromatic heterocycles. The van der Waals surface area contributed by atoms with Gasteiger partial charge in [-0.3, -0.25) is 0 Å². The fraction of sp³-hybridized carbons (Fsp3) is 0.667. The molecule has 0 bridgehead atoms. The summed E-state index contributed by atoms with van der Waals surface area (Å²) in [6, 6.07) is 9.09. The summed E-state index contributed by atoms with van der Waals surface area (Å²) in [4.78, 5) is 5.17. The Balaban J connectivity index is 1.63. The Bertz CT molecular complexity index is 446. The Morgan fingerprint density at radius 3 is 2.33 bits per heavy atom. The fourth-order valence-corrected chi connectivity index (χ4v) is 3.88. The van der Waals surface area contributed by atoms with E-state index in [1.807, 2.05) is 13.0 Å². The predicted octanol–water partition coefficient (Wildman–Crippen LogP) is 3.19. The zero-order chi connectivity index (χ0) is 14.7. The third-order valence-corrected chi connectivity index (χ3v) is 5.10. The van der Waals surface area contributed by atoms with E-state index in [-0.39, 0.29) is 6.10 Å². The molecule has 3 rings (SSSR count). The van der Waals surface area contributed by atoms with Crippen LogP contribution < -0.4 is 4.90 Å². The monoisotopic (exact) mass is 288 g/mol. The van der Waals surface area contributed by atoms with E-state index in [1.54, 1.807) is 0 Å². The third-order valence-electron chi connectivity index (χ3n) is 5.10. The molecule has 0 saturated carbocycles. The van der Waals surface area contributed by atoms with Crippen molar-refractivity contribution in [3.8, 4) is 0 Å². The van der Waals surface area contributed by atoms with Crippen LogP contribution in [0.4, 0.5) is 5.69 Å². The summed E-state index contributed by atoms with van der Waals surface area (Å²) in [6.45, 7) is 6.69. The average molecular weight is 288 g/mol. The van der Waals surface area contributed by atoms with Gasteiger partial charge in [-0.05, 0) is 51.8 Å². The van der Waals surface area contributed by atoms with Gasteiger partial charge in [0.15, 0.2) is 0 Å². The van der Waals surface area contributed by atoms with Gasteiger partial charge in [-0.2, -0.15) is 0 Å². The van der Waals surface area contributed by atoms with E-state index >= 15 is 0 Å². The number of anilines is 1. The Hall–Kier alpha value is -1.06. The van der Waals surface area contributed by atoms with Crippen molar-refractivity contribution in [3.05, 3.63) is 29.8 Å². The summed E-state index contributed by atoms with van der Waals surface area (Å²) in [5, 5.41) is 9.96. The Morgan fingerprint density at radius 1 is 1.00 bits per heavy atom. The molecule has 0 amide bonds. The lowest BCUT2D eigenvalue weighted by molar-refractivity contribution is 0.141. The second-order valence-corrected chi connectivity index (χ2v) is 6.55. The van der Waals surface area contributed by atoms with E-state index < -0.39 is 0 Å². The number of hydrogen-bond donors (Lipinski definition) is 1. The minimum Gasteiger partial charge on any atom is -0.389 e. The highest BCUT2D eigenvalue weighted by Crippen LogP contribution is 2.30. The molecule has 0 unspecified atom stereocenters. The molecule has 1 aromatic rings. The van der Waals surface area contributed by atoms with Crippen molar-refractivity contribution in [2.45, 2.75) is 51.2 Å². The largest absolute Gasteiger partial charge is 0.389 e. The highest BCUT2D eigenvalue weighted by molar-refractivity contribution is 5.54. The predicted molar refractivity (Wildman–Crippen MR) is 87.7 cm³/mol. The van der Waals surface area contributed by atoms with Crippen LogP contribution >= 0.6 is 0 Å². The van der Waals surface area contributed by atoms with E-state index in [0.717, 1.165) is 24.7 Å². The van der Waals surface area contributed by atoms with Gasteiger partial charge in [-0.25, -0.2) is 0 Å². The molecule has 21 heavy (non-hydrogen) atoms. The summed E-state index contributed by atoms with van der Waals surface area (Å²) >= 11 is 0. The van der Waals surface area contributed by atoms with Crippen molar-refractivity contribution in [1.29, 1.82) is 0 Å². The van der Waals surface area contributed by atoms with Gasteiger partial charge in [-0.15, -0.1) is 0 Å². The second-order valence-electron chi connectivity index (χ2n) is 6.55. The first-order chi connectivity index (χ1) is 10.3. The SMILES string of the molecule is C[C@@H](O)c1ccccc1N1CCC(N2CCCCC2)CC1. The van der Waals surface area contributed by atoms with Crippen molar-refractivity contribution < 1.29 is 5.11 Å². The number of piperidine rings is 2. The molecular formula is C18H28N2O. The summed E-state index contributed by atoms with van der Waals surface area (Å²) in [5.74, 6) is 0. The number of likely N-dealkylation sites (tertiary alicyclic amines) is 1. The molecule has 0 spiro atoms. The zero-order valence-corrected chi connectivity index (χ0v) is 13.2. The van der Waals surface area contributed by atoms with Crippen LogP contribution in [0.15, 0.2) is 24.3 Å². The van der Waals surface area contributed by atoms with Crippen molar-refractivity contribution in [2.75, 3.05) is 31.1 Å². The lowest BCUT2D eigenvalue weighted by Crippen LogP contribution is -2.47. The average Bonchev–Trinajstić information content (AvgIpc) is 2.56. The molecule has 0 aliphatic carbocycles. The quantitative estimate of drug-likeness (QED) is 0.925. The van der Waals surface area contributed by atoms with Gasteiger partial charge in [0.2, 0.25) is 0 Å². The highest BCUT2D eigenvalue weighted by Gasteiger charge is 2.26. The minimum atomic E-state index is -0.388. The first-order valence-corrected chi connectivity index (χ1v) is 8.51. The molecule has 2 aliphatic rings. The van der Waals surface area contributed by atoms with E-state index in [4.69, 9.17) is 0 Å². The lowest BCUT2D eigenvalue weighted by Gasteiger charge is -2.41. The standard InChI is InChI=1S/C18H28N2O/c1-15(21)17-7-3-4-8-18(17)20-13-9-16(10-14-20)19-11-5-2-6-12-19/h3-4,7-8,15-16,21H,2,5-6,9-14H2,1H3/t15-/m1/s1. The lowest BCUT2D eigenvalue weighted by atomic mass is 9.98. The Labute approximate surface area is 128 Å². The third kappa shape index (κ3) is 3.41. The van der Waals surface area contributed by atoms with Gasteiger partial charge in [0.25, 0.3) is 0 Å². The summed E-state index contributed by atoms with van der Waals surface area (Å²) < 4.78 is 0. The molecule has 3 nitrogen and oxygen atoms in total. The van der Waals surface area contributed by atoms with Gasteiger partial charge < -0.3 is 14.9 Å². The number of aliphatic hydroxyl groups excluding tert-OH is 1. The van der Waals surface area contributed by atoms with Crippen LogP contribution in [0.5, 0.6) is 0 Å². The molecular weight excluding hydrogens is 260 g/mol. The maximum atomic E-state index is 9.96. The second kappa shape index (κ2) is 6.80. The van der Waals surface area contributed by atoms with E-state index in [2.05, 4.69) is 28.0 Å². The Morgan fingerprint density at radius 2 is 1.67 bits per heavy atom. The molecule has 2 aliphatic heterocycles. The maximum Gasteiger partial charge on any atom is 0.0781 e. The van der Waals surface area contributed by atoms with Crippen LogP contribution in [0.25, 0.3) is 0 Å². The summed E-state index contributed by atoms with van der Waals surface area (Å²) in [5.41, 5.74) is 2.29. The van der Waals surface area contributed by atoms with E-state index in [9.17, 15) is 5.11 Å². The molecule has 1 atom stereocenters. The van der Waals surface area contributed by atoms with Crippen molar-refractivity contribution in [2.24, 2.45) is 0 Å². The van der Waals surface area contributed by atoms with E-state index in [0.29, 0.717) is 0 Å². The summed E-state index contributed by atoms with van der Waals surface area (Å²) in [7, 11) is 0. The van der Waals surface area contributed by atoms with Crippen LogP contribution in [-0.2, 0) is 0 Å². The minimum absolute atomic E-state index is 0.388. The molecule has 116 valence electrons. The first kappa shape index (κ1) is 14.9. The number of aliphatic hydroxyl groups is 1. The molecule has 3 heteroatoms. The van der Waals surface area contributed by atoms with Crippen molar-refractivity contribution >= 4 is 5.69 Å². The van der Waals surface area contributed by atoms with Crippen molar-refractivity contribution in [1.82, 2.24) is 4.90 Å². The number of rotatable bonds is 3. The van der Waals surface area contributed by atoms with Crippen LogP contribution in [-0.4, -0.2) is 42.2 Å². The number of para-hydroxylation sites is 1. The summed E-state index contributed by atoms with van der Waals surface area (Å²) in [6.07, 6.45) is 6.30. The van der Waals surface area contributed by atoms with Crippen LogP contribution in [0.1, 0.15) is 50.7 Å². The van der Waals surface area contributed by atoms with Gasteiger partial charge >= 0.3 is 0 Å². The molecule has 0 radical (unpaired) electrons.